The fourth-order valence-corrected chi connectivity index (χ4v) is 2.48. The Morgan fingerprint density at radius 2 is 1.72 bits per heavy atom. The fraction of sp³-hybridized carbons (Fsp3) is 0.200. The van der Waals surface area contributed by atoms with Gasteiger partial charge in [0.2, 0.25) is 11.7 Å². The van der Waals surface area contributed by atoms with Gasteiger partial charge in [-0.15, -0.1) is 0 Å². The van der Waals surface area contributed by atoms with Crippen LogP contribution in [0.3, 0.4) is 0 Å². The van der Waals surface area contributed by atoms with E-state index in [2.05, 4.69) is 20.8 Å². The van der Waals surface area contributed by atoms with Crippen molar-refractivity contribution >= 4 is 11.8 Å². The molecule has 0 aliphatic heterocycles. The first-order valence-corrected chi connectivity index (χ1v) is 8.82. The number of benzene rings is 2. The van der Waals surface area contributed by atoms with Crippen molar-refractivity contribution in [3.63, 3.8) is 0 Å². The number of hydrogen-bond donors (Lipinski definition) is 2. The molecule has 2 amide bonds. The molecule has 2 aromatic carbocycles. The van der Waals surface area contributed by atoms with Gasteiger partial charge in [-0.1, -0.05) is 17.3 Å². The SMILES string of the molecule is COc1ccc(-c2noc(C(=O)NCCNC(=O)Cc3ccc(F)cc3)n2)cc1. The number of ether oxygens (including phenoxy) is 1. The average molecular weight is 398 g/mol. The summed E-state index contributed by atoms with van der Waals surface area (Å²) < 4.78 is 22.9. The molecule has 0 aliphatic carbocycles. The van der Waals surface area contributed by atoms with Crippen LogP contribution in [0.15, 0.2) is 53.1 Å². The number of hydrogen-bond acceptors (Lipinski definition) is 6. The van der Waals surface area contributed by atoms with Crippen LogP contribution in [-0.4, -0.2) is 42.2 Å². The Labute approximate surface area is 166 Å². The Kier molecular flexibility index (Phi) is 6.51. The van der Waals surface area contributed by atoms with E-state index < -0.39 is 5.91 Å². The van der Waals surface area contributed by atoms with Crippen LogP contribution in [0.1, 0.15) is 16.2 Å². The van der Waals surface area contributed by atoms with Gasteiger partial charge in [-0.05, 0) is 42.0 Å². The summed E-state index contributed by atoms with van der Waals surface area (Å²) >= 11 is 0. The van der Waals surface area contributed by atoms with Crippen LogP contribution in [0.4, 0.5) is 4.39 Å². The van der Waals surface area contributed by atoms with E-state index >= 15 is 0 Å². The van der Waals surface area contributed by atoms with E-state index in [9.17, 15) is 14.0 Å². The summed E-state index contributed by atoms with van der Waals surface area (Å²) in [5.41, 5.74) is 1.38. The molecular formula is C20H19FN4O4. The minimum Gasteiger partial charge on any atom is -0.497 e. The molecule has 1 heterocycles. The minimum absolute atomic E-state index is 0.128. The predicted molar refractivity (Wildman–Crippen MR) is 102 cm³/mol. The van der Waals surface area contributed by atoms with E-state index in [4.69, 9.17) is 9.26 Å². The van der Waals surface area contributed by atoms with Gasteiger partial charge in [-0.2, -0.15) is 4.98 Å². The third-order valence-electron chi connectivity index (χ3n) is 3.98. The summed E-state index contributed by atoms with van der Waals surface area (Å²) in [6, 6.07) is 12.7. The molecular weight excluding hydrogens is 379 g/mol. The molecule has 150 valence electrons. The number of amides is 2. The van der Waals surface area contributed by atoms with Crippen molar-refractivity contribution in [3.05, 3.63) is 65.8 Å². The van der Waals surface area contributed by atoms with E-state index in [1.165, 1.54) is 12.1 Å². The standard InChI is InChI=1S/C20H19FN4O4/c1-28-16-8-4-14(5-9-16)18-24-20(29-25-18)19(27)23-11-10-22-17(26)12-13-2-6-15(21)7-3-13/h2-9H,10-12H2,1H3,(H,22,26)(H,23,27). The molecule has 0 fully saturated rings. The average Bonchev–Trinajstić information content (AvgIpc) is 3.23. The van der Waals surface area contributed by atoms with Gasteiger partial charge in [0.15, 0.2) is 0 Å². The zero-order valence-electron chi connectivity index (χ0n) is 15.6. The van der Waals surface area contributed by atoms with Crippen molar-refractivity contribution in [1.82, 2.24) is 20.8 Å². The van der Waals surface area contributed by atoms with Crippen LogP contribution < -0.4 is 15.4 Å². The van der Waals surface area contributed by atoms with Gasteiger partial charge in [0.25, 0.3) is 0 Å². The van der Waals surface area contributed by atoms with Crippen LogP contribution >= 0.6 is 0 Å². The molecule has 0 atom stereocenters. The van der Waals surface area contributed by atoms with Gasteiger partial charge in [-0.3, -0.25) is 9.59 Å². The van der Waals surface area contributed by atoms with E-state index in [1.807, 2.05) is 0 Å². The molecule has 0 saturated carbocycles. The smallest absolute Gasteiger partial charge is 0.316 e. The first-order chi connectivity index (χ1) is 14.0. The van der Waals surface area contributed by atoms with Crippen molar-refractivity contribution in [1.29, 1.82) is 0 Å². The Hall–Kier alpha value is -3.75. The van der Waals surface area contributed by atoms with E-state index in [0.29, 0.717) is 16.9 Å². The molecule has 0 bridgehead atoms. The Morgan fingerprint density at radius 3 is 2.41 bits per heavy atom. The Bertz CT molecular complexity index is 971. The van der Waals surface area contributed by atoms with Gasteiger partial charge in [-0.25, -0.2) is 4.39 Å². The van der Waals surface area contributed by atoms with E-state index in [1.54, 1.807) is 43.5 Å². The quantitative estimate of drug-likeness (QED) is 0.562. The number of aromatic nitrogens is 2. The predicted octanol–water partition coefficient (Wildman–Crippen LogP) is 1.97. The second kappa shape index (κ2) is 9.45. The summed E-state index contributed by atoms with van der Waals surface area (Å²) in [7, 11) is 1.57. The Morgan fingerprint density at radius 1 is 1.03 bits per heavy atom. The van der Waals surface area contributed by atoms with Crippen LogP contribution in [-0.2, 0) is 11.2 Å². The first-order valence-electron chi connectivity index (χ1n) is 8.82. The third-order valence-corrected chi connectivity index (χ3v) is 3.98. The fourth-order valence-electron chi connectivity index (χ4n) is 2.48. The molecule has 8 nitrogen and oxygen atoms in total. The number of halogens is 1. The van der Waals surface area contributed by atoms with E-state index in [-0.39, 0.29) is 42.9 Å². The lowest BCUT2D eigenvalue weighted by Crippen LogP contribution is -2.35. The normalized spacial score (nSPS) is 10.4. The number of carbonyl (C=O) groups excluding carboxylic acids is 2. The van der Waals surface area contributed by atoms with Crippen molar-refractivity contribution < 1.29 is 23.2 Å². The minimum atomic E-state index is -0.537. The number of methoxy groups -OCH3 is 1. The Balaban J connectivity index is 1.43. The molecule has 29 heavy (non-hydrogen) atoms. The molecule has 0 unspecified atom stereocenters. The number of rotatable bonds is 8. The summed E-state index contributed by atoms with van der Waals surface area (Å²) in [6.45, 7) is 0.416. The largest absolute Gasteiger partial charge is 0.497 e. The highest BCUT2D eigenvalue weighted by atomic mass is 19.1. The lowest BCUT2D eigenvalue weighted by atomic mass is 10.1. The van der Waals surface area contributed by atoms with Crippen molar-refractivity contribution in [3.8, 4) is 17.1 Å². The molecule has 3 rings (SSSR count). The lowest BCUT2D eigenvalue weighted by molar-refractivity contribution is -0.120. The number of nitrogens with zero attached hydrogens (tertiary/aromatic N) is 2. The maximum absolute atomic E-state index is 12.9. The highest BCUT2D eigenvalue weighted by molar-refractivity contribution is 5.89. The molecule has 0 saturated heterocycles. The first kappa shape index (κ1) is 20.0. The third kappa shape index (κ3) is 5.61. The van der Waals surface area contributed by atoms with Crippen molar-refractivity contribution in [2.45, 2.75) is 6.42 Å². The lowest BCUT2D eigenvalue weighted by Gasteiger charge is -2.06. The second-order valence-corrected chi connectivity index (χ2v) is 6.06. The molecule has 0 aliphatic rings. The summed E-state index contributed by atoms with van der Waals surface area (Å²) in [5, 5.41) is 9.05. The van der Waals surface area contributed by atoms with Crippen LogP contribution in [0, 0.1) is 5.82 Å². The summed E-state index contributed by atoms with van der Waals surface area (Å²) in [6.07, 6.45) is 0.128. The molecule has 0 spiro atoms. The summed E-state index contributed by atoms with van der Waals surface area (Å²) in [5.74, 6) is -0.320. The van der Waals surface area contributed by atoms with Crippen LogP contribution in [0.5, 0.6) is 5.75 Å². The van der Waals surface area contributed by atoms with Gasteiger partial charge in [0.1, 0.15) is 11.6 Å². The second-order valence-electron chi connectivity index (χ2n) is 6.06. The topological polar surface area (TPSA) is 106 Å². The molecule has 9 heteroatoms. The van der Waals surface area contributed by atoms with Gasteiger partial charge in [0.05, 0.1) is 13.5 Å². The molecule has 2 N–H and O–H groups in total. The van der Waals surface area contributed by atoms with Crippen molar-refractivity contribution in [2.75, 3.05) is 20.2 Å². The zero-order chi connectivity index (χ0) is 20.6. The molecule has 1 aromatic heterocycles. The molecule has 0 radical (unpaired) electrons. The molecule has 3 aromatic rings. The van der Waals surface area contributed by atoms with Crippen LogP contribution in [0.2, 0.25) is 0 Å². The maximum atomic E-state index is 12.9. The van der Waals surface area contributed by atoms with Gasteiger partial charge in [0, 0.05) is 18.7 Å². The number of carbonyl (C=O) groups is 2. The van der Waals surface area contributed by atoms with Crippen molar-refractivity contribution in [2.24, 2.45) is 0 Å². The highest BCUT2D eigenvalue weighted by Gasteiger charge is 2.15. The maximum Gasteiger partial charge on any atom is 0.316 e. The monoisotopic (exact) mass is 398 g/mol. The van der Waals surface area contributed by atoms with E-state index in [0.717, 1.165) is 0 Å². The van der Waals surface area contributed by atoms with Crippen LogP contribution in [0.25, 0.3) is 11.4 Å². The summed E-state index contributed by atoms with van der Waals surface area (Å²) in [4.78, 5) is 28.0. The van der Waals surface area contributed by atoms with Gasteiger partial charge < -0.3 is 19.9 Å². The van der Waals surface area contributed by atoms with Gasteiger partial charge >= 0.3 is 11.8 Å². The zero-order valence-corrected chi connectivity index (χ0v) is 15.6. The highest BCUT2D eigenvalue weighted by Crippen LogP contribution is 2.19. The number of nitrogens with one attached hydrogen (secondary N) is 2.